The van der Waals surface area contributed by atoms with Gasteiger partial charge in [-0.25, -0.2) is 18.2 Å². The molecule has 0 spiro atoms. The number of nitrogens with one attached hydrogen (secondary N) is 1. The fourth-order valence-corrected chi connectivity index (χ4v) is 5.00. The van der Waals surface area contributed by atoms with Gasteiger partial charge in [0.1, 0.15) is 0 Å². The van der Waals surface area contributed by atoms with Crippen LogP contribution in [0.3, 0.4) is 0 Å². The number of pyridine rings is 2. The van der Waals surface area contributed by atoms with Gasteiger partial charge in [-0.1, -0.05) is 46.9 Å². The Labute approximate surface area is 216 Å². The first kappa shape index (κ1) is 25.2. The molecule has 0 saturated heterocycles. The number of carbonyl (C=O) groups excluding carboxylic acids is 1. The zero-order chi connectivity index (χ0) is 25.7. The zero-order valence-electron chi connectivity index (χ0n) is 18.7. The summed E-state index contributed by atoms with van der Waals surface area (Å²) in [5, 5.41) is 1.53. The number of hydrogen-bond donors (Lipinski definition) is 1. The lowest BCUT2D eigenvalue weighted by Gasteiger charge is -2.18. The third-order valence-electron chi connectivity index (χ3n) is 5.33. The Bertz CT molecular complexity index is 1680. The third kappa shape index (κ3) is 4.92. The summed E-state index contributed by atoms with van der Waals surface area (Å²) in [5.74, 6) is -0.364. The molecular formula is C24H18Cl3N3O4S. The predicted octanol–water partition coefficient (Wildman–Crippen LogP) is 5.70. The molecule has 4 aromatic rings. The van der Waals surface area contributed by atoms with Crippen LogP contribution < -0.4 is 10.4 Å². The molecule has 0 saturated carbocycles. The van der Waals surface area contributed by atoms with Gasteiger partial charge in [0.2, 0.25) is 10.0 Å². The highest BCUT2D eigenvalue weighted by Crippen LogP contribution is 2.38. The van der Waals surface area contributed by atoms with Gasteiger partial charge in [0.05, 0.1) is 17.0 Å². The van der Waals surface area contributed by atoms with Crippen LogP contribution in [0.4, 0.5) is 0 Å². The van der Waals surface area contributed by atoms with E-state index >= 15 is 0 Å². The van der Waals surface area contributed by atoms with E-state index in [9.17, 15) is 18.0 Å². The first-order valence-corrected chi connectivity index (χ1v) is 13.2. The van der Waals surface area contributed by atoms with Crippen molar-refractivity contribution in [2.24, 2.45) is 0 Å². The van der Waals surface area contributed by atoms with Crippen LogP contribution >= 0.6 is 34.8 Å². The van der Waals surface area contributed by atoms with Gasteiger partial charge < -0.3 is 0 Å². The summed E-state index contributed by atoms with van der Waals surface area (Å²) in [6.07, 6.45) is 0.915. The fraction of sp³-hybridized carbons (Fsp3) is 0.125. The van der Waals surface area contributed by atoms with E-state index in [2.05, 4.69) is 9.82 Å². The number of sulfonamides is 1. The van der Waals surface area contributed by atoms with Crippen LogP contribution in [0.5, 0.6) is 0 Å². The van der Waals surface area contributed by atoms with Crippen molar-refractivity contribution >= 4 is 61.6 Å². The molecule has 2 aromatic heterocycles. The maximum absolute atomic E-state index is 13.1. The van der Waals surface area contributed by atoms with Crippen molar-refractivity contribution in [2.75, 3.05) is 11.1 Å². The van der Waals surface area contributed by atoms with Crippen molar-refractivity contribution in [1.29, 1.82) is 0 Å². The van der Waals surface area contributed by atoms with Crippen LogP contribution in [-0.2, 0) is 10.0 Å². The van der Waals surface area contributed by atoms with E-state index in [-0.39, 0.29) is 22.6 Å². The Balaban J connectivity index is 2.23. The number of nitrogens with zero attached hydrogens (tertiary/aromatic N) is 2. The molecule has 0 unspecified atom stereocenters. The van der Waals surface area contributed by atoms with E-state index in [0.717, 1.165) is 10.9 Å². The number of benzene rings is 2. The molecule has 1 N–H and O–H groups in total. The highest BCUT2D eigenvalue weighted by molar-refractivity contribution is 7.91. The highest BCUT2D eigenvalue weighted by Gasteiger charge is 2.23. The van der Waals surface area contributed by atoms with Crippen LogP contribution in [0, 0.1) is 6.92 Å². The van der Waals surface area contributed by atoms with E-state index < -0.39 is 15.6 Å². The Morgan fingerprint density at radius 3 is 2.17 bits per heavy atom. The molecule has 0 aliphatic carbocycles. The molecular weight excluding hydrogens is 533 g/mol. The number of aromatic nitrogens is 2. The summed E-state index contributed by atoms with van der Waals surface area (Å²) >= 11 is 18.7. The summed E-state index contributed by atoms with van der Waals surface area (Å²) in [6, 6.07) is 13.5. The number of ketones is 1. The maximum Gasteiger partial charge on any atom is 0.275 e. The molecule has 7 nitrogen and oxygen atoms in total. The van der Waals surface area contributed by atoms with Gasteiger partial charge in [-0.15, -0.1) is 0 Å². The molecule has 0 fully saturated rings. The minimum absolute atomic E-state index is 0.0463. The SMILES string of the molecule is CC(=O)c1c(C)c(=O)n(NS(C)(=O)=O)c2nc(-c3ccc(Cl)cc3Cl)c(-c3ccc(Cl)cc3)cc12. The summed E-state index contributed by atoms with van der Waals surface area (Å²) in [5.41, 5.74) is 1.61. The molecule has 35 heavy (non-hydrogen) atoms. The van der Waals surface area contributed by atoms with Gasteiger partial charge in [-0.05, 0) is 55.8 Å². The molecule has 0 aliphatic rings. The first-order chi connectivity index (χ1) is 16.4. The van der Waals surface area contributed by atoms with E-state index in [0.29, 0.717) is 42.8 Å². The predicted molar refractivity (Wildman–Crippen MR) is 141 cm³/mol. The van der Waals surface area contributed by atoms with Gasteiger partial charge in [-0.3, -0.25) is 9.59 Å². The second kappa shape index (κ2) is 9.28. The molecule has 0 bridgehead atoms. The summed E-state index contributed by atoms with van der Waals surface area (Å²) in [7, 11) is -3.87. The lowest BCUT2D eigenvalue weighted by molar-refractivity contribution is 0.101. The zero-order valence-corrected chi connectivity index (χ0v) is 21.8. The van der Waals surface area contributed by atoms with E-state index in [1.165, 1.54) is 13.8 Å². The molecule has 180 valence electrons. The van der Waals surface area contributed by atoms with Gasteiger partial charge in [0.25, 0.3) is 5.56 Å². The Hall–Kier alpha value is -2.91. The second-order valence-corrected chi connectivity index (χ2v) is 11.0. The molecule has 0 amide bonds. The van der Waals surface area contributed by atoms with Crippen molar-refractivity contribution in [2.45, 2.75) is 13.8 Å². The van der Waals surface area contributed by atoms with Crippen molar-refractivity contribution in [1.82, 2.24) is 9.66 Å². The number of halogens is 3. The van der Waals surface area contributed by atoms with Crippen LogP contribution in [0.1, 0.15) is 22.8 Å². The topological polar surface area (TPSA) is 98.1 Å². The monoisotopic (exact) mass is 549 g/mol. The van der Waals surface area contributed by atoms with Crippen molar-refractivity contribution in [3.63, 3.8) is 0 Å². The first-order valence-electron chi connectivity index (χ1n) is 10.2. The summed E-state index contributed by atoms with van der Waals surface area (Å²) in [4.78, 5) is 32.6. The Morgan fingerprint density at radius 1 is 0.971 bits per heavy atom. The molecule has 2 aromatic carbocycles. The number of hydrogen-bond acceptors (Lipinski definition) is 5. The minimum Gasteiger partial charge on any atom is -0.294 e. The summed E-state index contributed by atoms with van der Waals surface area (Å²) < 4.78 is 25.0. The smallest absolute Gasteiger partial charge is 0.275 e. The fourth-order valence-electron chi connectivity index (χ4n) is 3.87. The van der Waals surface area contributed by atoms with Crippen LogP contribution in [-0.4, -0.2) is 30.1 Å². The number of fused-ring (bicyclic) bond motifs is 1. The van der Waals surface area contributed by atoms with Gasteiger partial charge in [0, 0.05) is 37.7 Å². The van der Waals surface area contributed by atoms with Gasteiger partial charge >= 0.3 is 0 Å². The summed E-state index contributed by atoms with van der Waals surface area (Å²) in [6.45, 7) is 2.80. The minimum atomic E-state index is -3.87. The van der Waals surface area contributed by atoms with E-state index in [1.54, 1.807) is 48.5 Å². The lowest BCUT2D eigenvalue weighted by Crippen LogP contribution is -2.35. The molecule has 0 aliphatic heterocycles. The lowest BCUT2D eigenvalue weighted by atomic mass is 9.95. The second-order valence-electron chi connectivity index (χ2n) is 7.95. The molecule has 2 heterocycles. The molecule has 0 atom stereocenters. The van der Waals surface area contributed by atoms with Crippen LogP contribution in [0.15, 0.2) is 53.3 Å². The molecule has 4 rings (SSSR count). The van der Waals surface area contributed by atoms with E-state index in [4.69, 9.17) is 34.8 Å². The number of Topliss-reactive ketones (excluding diaryl/α,β-unsaturated/α-hetero) is 1. The Morgan fingerprint density at radius 2 is 1.60 bits per heavy atom. The largest absolute Gasteiger partial charge is 0.294 e. The van der Waals surface area contributed by atoms with Crippen molar-refractivity contribution in [3.05, 3.63) is 85.1 Å². The van der Waals surface area contributed by atoms with Crippen LogP contribution in [0.25, 0.3) is 33.4 Å². The average molecular weight is 551 g/mol. The highest BCUT2D eigenvalue weighted by atomic mass is 35.5. The third-order valence-corrected chi connectivity index (χ3v) is 6.65. The van der Waals surface area contributed by atoms with Gasteiger partial charge in [0.15, 0.2) is 11.4 Å². The molecule has 0 radical (unpaired) electrons. The van der Waals surface area contributed by atoms with Crippen LogP contribution in [0.2, 0.25) is 15.1 Å². The van der Waals surface area contributed by atoms with Crippen molar-refractivity contribution in [3.8, 4) is 22.4 Å². The van der Waals surface area contributed by atoms with Crippen molar-refractivity contribution < 1.29 is 13.2 Å². The Kier molecular flexibility index (Phi) is 6.68. The number of rotatable bonds is 5. The quantitative estimate of drug-likeness (QED) is 0.321. The van der Waals surface area contributed by atoms with E-state index in [1.807, 2.05) is 0 Å². The molecule has 11 heteroatoms. The number of carbonyl (C=O) groups is 1. The van der Waals surface area contributed by atoms with Gasteiger partial charge in [-0.2, -0.15) is 4.68 Å². The maximum atomic E-state index is 13.1. The normalized spacial score (nSPS) is 11.6. The standard InChI is InChI=1S/C24H18Cl3N3O4S/c1-12-21(13(2)31)19-11-18(14-4-6-15(25)7-5-14)22(17-9-8-16(26)10-20(17)27)28-23(19)30(24(12)32)29-35(3,33)34/h4-11,29H,1-3H3. The average Bonchev–Trinajstić information content (AvgIpc) is 2.76.